The van der Waals surface area contributed by atoms with Crippen LogP contribution in [-0.2, 0) is 0 Å². The Kier molecular flexibility index (Phi) is 2.52. The lowest BCUT2D eigenvalue weighted by molar-refractivity contribution is 0.992. The molecule has 2 heterocycles. The molecule has 0 amide bonds. The van der Waals surface area contributed by atoms with Crippen LogP contribution in [0.1, 0.15) is 16.8 Å². The fourth-order valence-corrected chi connectivity index (χ4v) is 1.27. The van der Waals surface area contributed by atoms with Gasteiger partial charge in [0.15, 0.2) is 11.6 Å². The minimum atomic E-state index is -0.147. The van der Waals surface area contributed by atoms with Gasteiger partial charge in [-0.1, -0.05) is 0 Å². The van der Waals surface area contributed by atoms with Gasteiger partial charge in [0.05, 0.1) is 0 Å². The van der Waals surface area contributed by atoms with E-state index < -0.39 is 0 Å². The summed E-state index contributed by atoms with van der Waals surface area (Å²) in [6, 6.07) is 0. The average Bonchev–Trinajstić information content (AvgIpc) is 2.26. The van der Waals surface area contributed by atoms with Crippen molar-refractivity contribution >= 4 is 0 Å². The van der Waals surface area contributed by atoms with E-state index in [9.17, 15) is 4.79 Å². The van der Waals surface area contributed by atoms with Gasteiger partial charge in [0.2, 0.25) is 0 Å². The summed E-state index contributed by atoms with van der Waals surface area (Å²) in [5.74, 6) is 0.846. The lowest BCUT2D eigenvalue weighted by Gasteiger charge is -2.02. The van der Waals surface area contributed by atoms with Gasteiger partial charge in [-0.3, -0.25) is 4.79 Å². The molecule has 0 radical (unpaired) electrons. The van der Waals surface area contributed by atoms with Crippen molar-refractivity contribution in [3.63, 3.8) is 0 Å². The molecule has 5 nitrogen and oxygen atoms in total. The third kappa shape index (κ3) is 1.84. The largest absolute Gasteiger partial charge is 0.304 e. The standard InChI is InChI=1S/C11H12N4O/c1-6-4-12-9(13-5-6)10-14-8(3)7(2)11(16)15-10/h4-5H,1-3H3,(H,14,15,16). The number of aromatic nitrogens is 4. The summed E-state index contributed by atoms with van der Waals surface area (Å²) < 4.78 is 0. The van der Waals surface area contributed by atoms with Crippen LogP contribution in [0.4, 0.5) is 0 Å². The Morgan fingerprint density at radius 3 is 2.31 bits per heavy atom. The molecule has 0 atom stereocenters. The predicted octanol–water partition coefficient (Wildman–Crippen LogP) is 1.15. The molecule has 16 heavy (non-hydrogen) atoms. The van der Waals surface area contributed by atoms with Crippen LogP contribution in [0.5, 0.6) is 0 Å². The molecular formula is C11H12N4O. The predicted molar refractivity (Wildman–Crippen MR) is 60.1 cm³/mol. The summed E-state index contributed by atoms with van der Waals surface area (Å²) in [6.45, 7) is 5.43. The number of nitrogens with zero attached hydrogens (tertiary/aromatic N) is 3. The maximum Gasteiger partial charge on any atom is 0.254 e. The molecule has 1 N–H and O–H groups in total. The maximum atomic E-state index is 11.5. The van der Waals surface area contributed by atoms with Crippen LogP contribution < -0.4 is 5.56 Å². The molecule has 0 unspecified atom stereocenters. The van der Waals surface area contributed by atoms with Crippen molar-refractivity contribution in [2.45, 2.75) is 20.8 Å². The zero-order valence-electron chi connectivity index (χ0n) is 9.40. The van der Waals surface area contributed by atoms with E-state index in [2.05, 4.69) is 19.9 Å². The van der Waals surface area contributed by atoms with E-state index in [1.807, 2.05) is 6.92 Å². The minimum absolute atomic E-state index is 0.147. The quantitative estimate of drug-likeness (QED) is 0.776. The van der Waals surface area contributed by atoms with Crippen molar-refractivity contribution < 1.29 is 0 Å². The monoisotopic (exact) mass is 216 g/mol. The topological polar surface area (TPSA) is 71.5 Å². The Morgan fingerprint density at radius 1 is 1.12 bits per heavy atom. The van der Waals surface area contributed by atoms with Crippen LogP contribution in [0.3, 0.4) is 0 Å². The molecule has 2 rings (SSSR count). The van der Waals surface area contributed by atoms with Gasteiger partial charge in [0.25, 0.3) is 5.56 Å². The third-order valence-corrected chi connectivity index (χ3v) is 2.39. The van der Waals surface area contributed by atoms with Gasteiger partial charge in [-0.25, -0.2) is 15.0 Å². The Morgan fingerprint density at radius 2 is 1.75 bits per heavy atom. The smallest absolute Gasteiger partial charge is 0.254 e. The summed E-state index contributed by atoms with van der Waals surface area (Å²) in [4.78, 5) is 26.7. The number of aromatic amines is 1. The van der Waals surface area contributed by atoms with Crippen LogP contribution >= 0.6 is 0 Å². The minimum Gasteiger partial charge on any atom is -0.304 e. The molecule has 0 bridgehead atoms. The Labute approximate surface area is 92.6 Å². The van der Waals surface area contributed by atoms with Gasteiger partial charge < -0.3 is 4.98 Å². The summed E-state index contributed by atoms with van der Waals surface area (Å²) >= 11 is 0. The second-order valence-electron chi connectivity index (χ2n) is 3.71. The second kappa shape index (κ2) is 3.84. The molecule has 0 aliphatic heterocycles. The highest BCUT2D eigenvalue weighted by molar-refractivity contribution is 5.43. The number of hydrogen-bond acceptors (Lipinski definition) is 4. The third-order valence-electron chi connectivity index (χ3n) is 2.39. The first kappa shape index (κ1) is 10.5. The summed E-state index contributed by atoms with van der Waals surface area (Å²) in [5, 5.41) is 0. The molecular weight excluding hydrogens is 204 g/mol. The number of H-pyrrole nitrogens is 1. The van der Waals surface area contributed by atoms with Crippen molar-refractivity contribution in [2.75, 3.05) is 0 Å². The van der Waals surface area contributed by atoms with Gasteiger partial charge in [0, 0.05) is 23.7 Å². The van der Waals surface area contributed by atoms with E-state index in [0.717, 1.165) is 5.56 Å². The molecule has 0 saturated heterocycles. The van der Waals surface area contributed by atoms with Crippen LogP contribution in [0.2, 0.25) is 0 Å². The van der Waals surface area contributed by atoms with Crippen LogP contribution in [0.15, 0.2) is 17.2 Å². The number of nitrogens with one attached hydrogen (secondary N) is 1. The summed E-state index contributed by atoms with van der Waals surface area (Å²) in [5.41, 5.74) is 2.14. The Bertz CT molecular complexity index is 572. The zero-order valence-corrected chi connectivity index (χ0v) is 9.40. The van der Waals surface area contributed by atoms with E-state index in [1.165, 1.54) is 0 Å². The summed E-state index contributed by atoms with van der Waals surface area (Å²) in [6.07, 6.45) is 3.38. The molecule has 5 heteroatoms. The fraction of sp³-hybridized carbons (Fsp3) is 0.273. The van der Waals surface area contributed by atoms with Gasteiger partial charge in [-0.05, 0) is 26.3 Å². The Balaban J connectivity index is 2.57. The van der Waals surface area contributed by atoms with Gasteiger partial charge in [0.1, 0.15) is 0 Å². The van der Waals surface area contributed by atoms with E-state index in [0.29, 0.717) is 22.9 Å². The molecule has 2 aromatic rings. The van der Waals surface area contributed by atoms with Crippen LogP contribution in [0.25, 0.3) is 11.6 Å². The van der Waals surface area contributed by atoms with E-state index >= 15 is 0 Å². The molecule has 0 aromatic carbocycles. The van der Waals surface area contributed by atoms with Gasteiger partial charge in [-0.2, -0.15) is 0 Å². The zero-order chi connectivity index (χ0) is 11.7. The van der Waals surface area contributed by atoms with Crippen molar-refractivity contribution in [1.82, 2.24) is 19.9 Å². The summed E-state index contributed by atoms with van der Waals surface area (Å²) in [7, 11) is 0. The van der Waals surface area contributed by atoms with Crippen LogP contribution in [-0.4, -0.2) is 19.9 Å². The SMILES string of the molecule is Cc1cnc(-c2nc(C)c(C)c(=O)[nH]2)nc1. The van der Waals surface area contributed by atoms with Gasteiger partial charge in [-0.15, -0.1) is 0 Å². The molecule has 82 valence electrons. The molecule has 0 saturated carbocycles. The van der Waals surface area contributed by atoms with Crippen molar-refractivity contribution in [3.8, 4) is 11.6 Å². The van der Waals surface area contributed by atoms with Crippen molar-refractivity contribution in [3.05, 3.63) is 39.6 Å². The molecule has 0 aliphatic carbocycles. The van der Waals surface area contributed by atoms with E-state index in [1.54, 1.807) is 26.2 Å². The first-order valence-corrected chi connectivity index (χ1v) is 4.94. The molecule has 0 spiro atoms. The number of hydrogen-bond donors (Lipinski definition) is 1. The highest BCUT2D eigenvalue weighted by atomic mass is 16.1. The lowest BCUT2D eigenvalue weighted by atomic mass is 10.2. The molecule has 2 aromatic heterocycles. The van der Waals surface area contributed by atoms with Crippen LogP contribution in [0, 0.1) is 20.8 Å². The second-order valence-corrected chi connectivity index (χ2v) is 3.71. The Hall–Kier alpha value is -2.04. The molecule has 0 fully saturated rings. The van der Waals surface area contributed by atoms with Crippen molar-refractivity contribution in [2.24, 2.45) is 0 Å². The van der Waals surface area contributed by atoms with Crippen molar-refractivity contribution in [1.29, 1.82) is 0 Å². The highest BCUT2D eigenvalue weighted by Crippen LogP contribution is 2.08. The van der Waals surface area contributed by atoms with Gasteiger partial charge >= 0.3 is 0 Å². The normalized spacial score (nSPS) is 10.4. The van der Waals surface area contributed by atoms with E-state index in [4.69, 9.17) is 0 Å². The highest BCUT2D eigenvalue weighted by Gasteiger charge is 2.07. The first-order valence-electron chi connectivity index (χ1n) is 4.94. The number of aryl methyl sites for hydroxylation is 2. The lowest BCUT2D eigenvalue weighted by Crippen LogP contribution is -2.15. The first-order chi connectivity index (χ1) is 7.58. The maximum absolute atomic E-state index is 11.5. The average molecular weight is 216 g/mol. The number of rotatable bonds is 1. The van der Waals surface area contributed by atoms with E-state index in [-0.39, 0.29) is 5.56 Å². The fourth-order valence-electron chi connectivity index (χ4n) is 1.27. The molecule has 0 aliphatic rings.